The van der Waals surface area contributed by atoms with Crippen molar-refractivity contribution < 1.29 is 14.4 Å². The molecule has 0 saturated carbocycles. The number of thioether (sulfide) groups is 1. The Balaban J connectivity index is 1.41. The lowest BCUT2D eigenvalue weighted by Gasteiger charge is -2.33. The molecule has 0 aromatic heterocycles. The molecule has 2 aliphatic rings. The number of hydrogen-bond acceptors (Lipinski definition) is 5. The zero-order valence-corrected chi connectivity index (χ0v) is 18.3. The molecular weight excluding hydrogens is 436 g/mol. The molecular formula is C22H23ClN4O3S. The van der Waals surface area contributed by atoms with E-state index in [9.17, 15) is 14.4 Å². The fraction of sp³-hybridized carbons (Fsp3) is 0.318. The van der Waals surface area contributed by atoms with Crippen molar-refractivity contribution in [2.45, 2.75) is 29.4 Å². The van der Waals surface area contributed by atoms with Gasteiger partial charge in [0.15, 0.2) is 0 Å². The van der Waals surface area contributed by atoms with Gasteiger partial charge in [-0.25, -0.2) is 0 Å². The standard InChI is InChI=1S/C22H23ClN4O3S/c23-14-5-6-18-16(11-14)26-22(30)19(31-18)12-20(28)25-15-3-1-2-4-17(15)27-9-7-13(8-10-27)21(24)29/h1-6,11,13,19H,7-10,12H2,(H2,24,29)(H,25,28)(H,26,30). The molecule has 162 valence electrons. The second kappa shape index (κ2) is 9.20. The molecule has 9 heteroatoms. The molecule has 0 radical (unpaired) electrons. The van der Waals surface area contributed by atoms with Gasteiger partial charge in [-0.15, -0.1) is 11.8 Å². The first-order chi connectivity index (χ1) is 14.9. The molecule has 1 atom stereocenters. The maximum absolute atomic E-state index is 12.8. The lowest BCUT2D eigenvalue weighted by molar-refractivity contribution is -0.122. The number of primary amides is 1. The molecule has 1 saturated heterocycles. The van der Waals surface area contributed by atoms with Crippen LogP contribution in [0.2, 0.25) is 5.02 Å². The SMILES string of the molecule is NC(=O)C1CCN(c2ccccc2NC(=O)CC2Sc3ccc(Cl)cc3NC2=O)CC1. The number of carbonyl (C=O) groups excluding carboxylic acids is 3. The molecule has 3 amide bonds. The highest BCUT2D eigenvalue weighted by Crippen LogP contribution is 2.38. The number of fused-ring (bicyclic) bond motifs is 1. The van der Waals surface area contributed by atoms with Crippen LogP contribution in [0.25, 0.3) is 0 Å². The highest BCUT2D eigenvalue weighted by molar-refractivity contribution is 8.01. The minimum absolute atomic E-state index is 0.0522. The maximum atomic E-state index is 12.8. The molecule has 2 aromatic carbocycles. The minimum atomic E-state index is -0.521. The molecule has 4 rings (SSSR count). The average molecular weight is 459 g/mol. The van der Waals surface area contributed by atoms with Crippen molar-refractivity contribution in [2.75, 3.05) is 28.6 Å². The maximum Gasteiger partial charge on any atom is 0.238 e. The number of benzene rings is 2. The van der Waals surface area contributed by atoms with Crippen LogP contribution in [-0.4, -0.2) is 36.1 Å². The number of hydrogen-bond donors (Lipinski definition) is 3. The number of para-hydroxylation sites is 2. The number of amides is 3. The van der Waals surface area contributed by atoms with Gasteiger partial charge in [0.1, 0.15) is 0 Å². The molecule has 7 nitrogen and oxygen atoms in total. The van der Waals surface area contributed by atoms with E-state index in [0.29, 0.717) is 42.3 Å². The van der Waals surface area contributed by atoms with Crippen LogP contribution >= 0.6 is 23.4 Å². The van der Waals surface area contributed by atoms with Crippen molar-refractivity contribution in [1.29, 1.82) is 0 Å². The lowest BCUT2D eigenvalue weighted by Crippen LogP contribution is -2.39. The van der Waals surface area contributed by atoms with Crippen molar-refractivity contribution in [1.82, 2.24) is 0 Å². The van der Waals surface area contributed by atoms with Crippen molar-refractivity contribution in [3.05, 3.63) is 47.5 Å². The van der Waals surface area contributed by atoms with E-state index in [0.717, 1.165) is 10.6 Å². The highest BCUT2D eigenvalue weighted by atomic mass is 35.5. The fourth-order valence-electron chi connectivity index (χ4n) is 3.89. The third kappa shape index (κ3) is 4.97. The van der Waals surface area contributed by atoms with Gasteiger partial charge in [0.25, 0.3) is 0 Å². The Labute approximate surface area is 189 Å². The monoisotopic (exact) mass is 458 g/mol. The topological polar surface area (TPSA) is 105 Å². The molecule has 0 bridgehead atoms. The Kier molecular flexibility index (Phi) is 6.38. The first kappa shape index (κ1) is 21.5. The minimum Gasteiger partial charge on any atom is -0.370 e. The molecule has 2 aromatic rings. The largest absolute Gasteiger partial charge is 0.370 e. The summed E-state index contributed by atoms with van der Waals surface area (Å²) in [6.45, 7) is 1.39. The predicted octanol–water partition coefficient (Wildman–Crippen LogP) is 3.48. The van der Waals surface area contributed by atoms with Gasteiger partial charge in [-0.2, -0.15) is 0 Å². The van der Waals surface area contributed by atoms with Crippen molar-refractivity contribution in [3.63, 3.8) is 0 Å². The summed E-state index contributed by atoms with van der Waals surface area (Å²) >= 11 is 7.35. The summed E-state index contributed by atoms with van der Waals surface area (Å²) in [6, 6.07) is 12.9. The Hall–Kier alpha value is -2.71. The fourth-order valence-corrected chi connectivity index (χ4v) is 5.15. The van der Waals surface area contributed by atoms with Crippen LogP contribution < -0.4 is 21.3 Å². The van der Waals surface area contributed by atoms with Crippen LogP contribution in [0.5, 0.6) is 0 Å². The summed E-state index contributed by atoms with van der Waals surface area (Å²) < 4.78 is 0. The lowest BCUT2D eigenvalue weighted by atomic mass is 9.96. The Bertz CT molecular complexity index is 1020. The molecule has 2 heterocycles. The summed E-state index contributed by atoms with van der Waals surface area (Å²) in [5.74, 6) is -0.799. The van der Waals surface area contributed by atoms with Gasteiger partial charge in [0.05, 0.1) is 22.3 Å². The zero-order valence-electron chi connectivity index (χ0n) is 16.8. The van der Waals surface area contributed by atoms with Crippen molar-refractivity contribution >= 4 is 58.1 Å². The number of halogens is 1. The quantitative estimate of drug-likeness (QED) is 0.636. The van der Waals surface area contributed by atoms with E-state index in [-0.39, 0.29) is 30.1 Å². The first-order valence-electron chi connectivity index (χ1n) is 10.1. The number of carbonyl (C=O) groups is 3. The van der Waals surface area contributed by atoms with E-state index in [1.54, 1.807) is 12.1 Å². The van der Waals surface area contributed by atoms with E-state index >= 15 is 0 Å². The Morgan fingerprint density at radius 3 is 2.68 bits per heavy atom. The van der Waals surface area contributed by atoms with E-state index in [4.69, 9.17) is 17.3 Å². The summed E-state index contributed by atoms with van der Waals surface area (Å²) in [7, 11) is 0. The van der Waals surface area contributed by atoms with Crippen LogP contribution in [0.4, 0.5) is 17.1 Å². The van der Waals surface area contributed by atoms with E-state index in [2.05, 4.69) is 15.5 Å². The summed E-state index contributed by atoms with van der Waals surface area (Å²) in [5.41, 5.74) is 7.69. The first-order valence-corrected chi connectivity index (χ1v) is 11.4. The molecule has 0 aliphatic carbocycles. The summed E-state index contributed by atoms with van der Waals surface area (Å²) in [5, 5.41) is 5.81. The second-order valence-electron chi connectivity index (χ2n) is 7.67. The van der Waals surface area contributed by atoms with Gasteiger partial charge in [-0.3, -0.25) is 14.4 Å². The molecule has 31 heavy (non-hydrogen) atoms. The Morgan fingerprint density at radius 2 is 1.94 bits per heavy atom. The van der Waals surface area contributed by atoms with Gasteiger partial charge >= 0.3 is 0 Å². The van der Waals surface area contributed by atoms with Gasteiger partial charge in [-0.1, -0.05) is 23.7 Å². The van der Waals surface area contributed by atoms with Gasteiger partial charge in [0.2, 0.25) is 17.7 Å². The molecule has 1 unspecified atom stereocenters. The smallest absolute Gasteiger partial charge is 0.238 e. The molecule has 2 aliphatic heterocycles. The third-order valence-electron chi connectivity index (χ3n) is 5.55. The number of piperidine rings is 1. The van der Waals surface area contributed by atoms with E-state index in [1.165, 1.54) is 11.8 Å². The number of nitrogens with two attached hydrogens (primary N) is 1. The zero-order chi connectivity index (χ0) is 22.0. The van der Waals surface area contributed by atoms with Crippen LogP contribution in [-0.2, 0) is 14.4 Å². The van der Waals surface area contributed by atoms with Gasteiger partial charge in [0, 0.05) is 35.3 Å². The number of nitrogens with zero attached hydrogens (tertiary/aromatic N) is 1. The summed E-state index contributed by atoms with van der Waals surface area (Å²) in [4.78, 5) is 39.7. The van der Waals surface area contributed by atoms with E-state index < -0.39 is 5.25 Å². The highest BCUT2D eigenvalue weighted by Gasteiger charge is 2.30. The average Bonchev–Trinajstić information content (AvgIpc) is 2.75. The Morgan fingerprint density at radius 1 is 1.19 bits per heavy atom. The van der Waals surface area contributed by atoms with Gasteiger partial charge < -0.3 is 21.3 Å². The number of anilines is 3. The van der Waals surface area contributed by atoms with Gasteiger partial charge in [-0.05, 0) is 43.2 Å². The van der Waals surface area contributed by atoms with E-state index in [1.807, 2.05) is 30.3 Å². The van der Waals surface area contributed by atoms with Crippen molar-refractivity contribution in [2.24, 2.45) is 11.7 Å². The third-order valence-corrected chi connectivity index (χ3v) is 7.06. The van der Waals surface area contributed by atoms with Crippen molar-refractivity contribution in [3.8, 4) is 0 Å². The normalized spacial score (nSPS) is 18.8. The number of nitrogens with one attached hydrogen (secondary N) is 2. The predicted molar refractivity (Wildman–Crippen MR) is 124 cm³/mol. The van der Waals surface area contributed by atoms with Crippen LogP contribution in [0, 0.1) is 5.92 Å². The molecule has 4 N–H and O–H groups in total. The number of rotatable bonds is 5. The van der Waals surface area contributed by atoms with Crippen LogP contribution in [0.3, 0.4) is 0 Å². The molecule has 1 fully saturated rings. The molecule has 0 spiro atoms. The summed E-state index contributed by atoms with van der Waals surface area (Å²) in [6.07, 6.45) is 1.44. The second-order valence-corrected chi connectivity index (χ2v) is 9.35. The van der Waals surface area contributed by atoms with Crippen LogP contribution in [0.15, 0.2) is 47.4 Å². The van der Waals surface area contributed by atoms with Crippen LogP contribution in [0.1, 0.15) is 19.3 Å².